The fourth-order valence-electron chi connectivity index (χ4n) is 0.992. The van der Waals surface area contributed by atoms with E-state index in [-0.39, 0.29) is 11.3 Å². The molecule has 0 spiro atoms. The molecular weight excluding hydrogens is 210 g/mol. The lowest BCUT2D eigenvalue weighted by Crippen LogP contribution is -2.15. The molecule has 84 valence electrons. The SMILES string of the molecule is CC(C)(C)c1cnc(NC(=O)CCN)s1. The number of carbonyl (C=O) groups excluding carboxylic acids is 1. The van der Waals surface area contributed by atoms with E-state index in [1.165, 1.54) is 11.3 Å². The molecule has 0 bridgehead atoms. The average molecular weight is 227 g/mol. The number of hydrogen-bond acceptors (Lipinski definition) is 4. The summed E-state index contributed by atoms with van der Waals surface area (Å²) >= 11 is 1.51. The zero-order valence-electron chi connectivity index (χ0n) is 9.33. The summed E-state index contributed by atoms with van der Waals surface area (Å²) in [6, 6.07) is 0. The summed E-state index contributed by atoms with van der Waals surface area (Å²) in [6.45, 7) is 6.72. The Bertz CT molecular complexity index is 341. The van der Waals surface area contributed by atoms with Crippen LogP contribution in [0.5, 0.6) is 0 Å². The monoisotopic (exact) mass is 227 g/mol. The molecule has 1 amide bonds. The van der Waals surface area contributed by atoms with Crippen LogP contribution < -0.4 is 11.1 Å². The van der Waals surface area contributed by atoms with Gasteiger partial charge in [-0.2, -0.15) is 0 Å². The number of nitrogens with two attached hydrogens (primary N) is 1. The van der Waals surface area contributed by atoms with Crippen molar-refractivity contribution in [2.75, 3.05) is 11.9 Å². The number of carbonyl (C=O) groups is 1. The number of anilines is 1. The molecule has 1 aromatic heterocycles. The largest absolute Gasteiger partial charge is 0.330 e. The van der Waals surface area contributed by atoms with E-state index < -0.39 is 0 Å². The molecule has 5 heteroatoms. The second-order valence-electron chi connectivity index (χ2n) is 4.37. The minimum atomic E-state index is -0.0766. The fraction of sp³-hybridized carbons (Fsp3) is 0.600. The Morgan fingerprint density at radius 3 is 2.73 bits per heavy atom. The summed E-state index contributed by atoms with van der Waals surface area (Å²) in [6.07, 6.45) is 2.15. The Kier molecular flexibility index (Phi) is 3.82. The first-order chi connectivity index (χ1) is 6.93. The maximum absolute atomic E-state index is 11.2. The molecule has 0 aromatic carbocycles. The van der Waals surface area contributed by atoms with Gasteiger partial charge in [0.1, 0.15) is 0 Å². The van der Waals surface area contributed by atoms with E-state index in [0.717, 1.165) is 4.88 Å². The molecule has 0 fully saturated rings. The minimum absolute atomic E-state index is 0.0766. The van der Waals surface area contributed by atoms with E-state index in [9.17, 15) is 4.79 Å². The third-order valence-corrected chi connectivity index (χ3v) is 3.20. The molecule has 3 N–H and O–H groups in total. The first-order valence-corrected chi connectivity index (χ1v) is 5.71. The zero-order valence-corrected chi connectivity index (χ0v) is 10.1. The number of nitrogens with zero attached hydrogens (tertiary/aromatic N) is 1. The minimum Gasteiger partial charge on any atom is -0.330 e. The molecule has 0 saturated carbocycles. The van der Waals surface area contributed by atoms with Crippen LogP contribution in [-0.2, 0) is 10.2 Å². The van der Waals surface area contributed by atoms with E-state index in [1.54, 1.807) is 0 Å². The van der Waals surface area contributed by atoms with Crippen molar-refractivity contribution in [1.29, 1.82) is 0 Å². The van der Waals surface area contributed by atoms with Crippen molar-refractivity contribution < 1.29 is 4.79 Å². The van der Waals surface area contributed by atoms with Gasteiger partial charge in [0.05, 0.1) is 0 Å². The van der Waals surface area contributed by atoms with Gasteiger partial charge in [-0.25, -0.2) is 4.98 Å². The number of rotatable bonds is 3. The van der Waals surface area contributed by atoms with Gasteiger partial charge in [-0.3, -0.25) is 4.79 Å². The third kappa shape index (κ3) is 3.60. The molecule has 0 unspecified atom stereocenters. The molecule has 4 nitrogen and oxygen atoms in total. The van der Waals surface area contributed by atoms with Gasteiger partial charge in [0.15, 0.2) is 5.13 Å². The lowest BCUT2D eigenvalue weighted by atomic mass is 9.96. The first kappa shape index (κ1) is 12.1. The number of nitrogens with one attached hydrogen (secondary N) is 1. The molecule has 0 atom stereocenters. The fourth-order valence-corrected chi connectivity index (χ4v) is 1.88. The van der Waals surface area contributed by atoms with Gasteiger partial charge in [-0.1, -0.05) is 20.8 Å². The van der Waals surface area contributed by atoms with Gasteiger partial charge in [0.2, 0.25) is 5.91 Å². The summed E-state index contributed by atoms with van der Waals surface area (Å²) in [5.74, 6) is -0.0766. The van der Waals surface area contributed by atoms with Crippen LogP contribution in [0.4, 0.5) is 5.13 Å². The predicted octanol–water partition coefficient (Wildman–Crippen LogP) is 1.73. The van der Waals surface area contributed by atoms with Gasteiger partial charge < -0.3 is 11.1 Å². The summed E-state index contributed by atoms with van der Waals surface area (Å²) < 4.78 is 0. The highest BCUT2D eigenvalue weighted by atomic mass is 32.1. The standard InChI is InChI=1S/C10H17N3OS/c1-10(2,3)7-6-12-9(15-7)13-8(14)4-5-11/h6H,4-5,11H2,1-3H3,(H,12,13,14). The van der Waals surface area contributed by atoms with E-state index in [1.807, 2.05) is 6.20 Å². The average Bonchev–Trinajstić information content (AvgIpc) is 2.52. The second kappa shape index (κ2) is 4.72. The van der Waals surface area contributed by atoms with Crippen molar-refractivity contribution in [3.63, 3.8) is 0 Å². The van der Waals surface area contributed by atoms with Crippen molar-refractivity contribution >= 4 is 22.4 Å². The Balaban J connectivity index is 2.65. The quantitative estimate of drug-likeness (QED) is 0.826. The summed E-state index contributed by atoms with van der Waals surface area (Å²) in [7, 11) is 0. The molecule has 0 aliphatic carbocycles. The Morgan fingerprint density at radius 2 is 2.27 bits per heavy atom. The maximum atomic E-state index is 11.2. The molecule has 15 heavy (non-hydrogen) atoms. The lowest BCUT2D eigenvalue weighted by molar-refractivity contribution is -0.116. The van der Waals surface area contributed by atoms with Crippen LogP contribution >= 0.6 is 11.3 Å². The molecule has 1 rings (SSSR count). The van der Waals surface area contributed by atoms with Gasteiger partial charge in [-0.05, 0) is 5.41 Å². The van der Waals surface area contributed by atoms with Crippen LogP contribution in [0.15, 0.2) is 6.20 Å². The van der Waals surface area contributed by atoms with E-state index in [4.69, 9.17) is 5.73 Å². The van der Waals surface area contributed by atoms with Crippen molar-refractivity contribution in [1.82, 2.24) is 4.98 Å². The number of thiazole rings is 1. The van der Waals surface area contributed by atoms with E-state index in [0.29, 0.717) is 18.1 Å². The van der Waals surface area contributed by atoms with Gasteiger partial charge >= 0.3 is 0 Å². The van der Waals surface area contributed by atoms with Crippen LogP contribution in [0.2, 0.25) is 0 Å². The van der Waals surface area contributed by atoms with Crippen LogP contribution in [0, 0.1) is 0 Å². The Morgan fingerprint density at radius 1 is 1.60 bits per heavy atom. The van der Waals surface area contributed by atoms with Crippen LogP contribution in [0.1, 0.15) is 32.1 Å². The normalized spacial score (nSPS) is 11.5. The van der Waals surface area contributed by atoms with Gasteiger partial charge in [0.25, 0.3) is 0 Å². The smallest absolute Gasteiger partial charge is 0.227 e. The number of aromatic nitrogens is 1. The summed E-state index contributed by atoms with van der Waals surface area (Å²) in [5.41, 5.74) is 5.36. The highest BCUT2D eigenvalue weighted by Crippen LogP contribution is 2.29. The highest BCUT2D eigenvalue weighted by molar-refractivity contribution is 7.15. The van der Waals surface area contributed by atoms with Crippen molar-refractivity contribution in [3.05, 3.63) is 11.1 Å². The highest BCUT2D eigenvalue weighted by Gasteiger charge is 2.17. The predicted molar refractivity (Wildman–Crippen MR) is 63.1 cm³/mol. The van der Waals surface area contributed by atoms with Crippen LogP contribution in [0.25, 0.3) is 0 Å². The third-order valence-electron chi connectivity index (χ3n) is 1.86. The molecule has 0 aliphatic heterocycles. The van der Waals surface area contributed by atoms with Crippen molar-refractivity contribution in [2.24, 2.45) is 5.73 Å². The summed E-state index contributed by atoms with van der Waals surface area (Å²) in [5, 5.41) is 3.38. The van der Waals surface area contributed by atoms with Crippen LogP contribution in [-0.4, -0.2) is 17.4 Å². The second-order valence-corrected chi connectivity index (χ2v) is 5.40. The van der Waals surface area contributed by atoms with Gasteiger partial charge in [-0.15, -0.1) is 11.3 Å². The number of hydrogen-bond donors (Lipinski definition) is 2. The molecule has 1 aromatic rings. The first-order valence-electron chi connectivity index (χ1n) is 4.89. The molecule has 0 saturated heterocycles. The maximum Gasteiger partial charge on any atom is 0.227 e. The molecule has 1 heterocycles. The van der Waals surface area contributed by atoms with Crippen molar-refractivity contribution in [2.45, 2.75) is 32.6 Å². The Labute approximate surface area is 93.9 Å². The molecule has 0 aliphatic rings. The van der Waals surface area contributed by atoms with Gasteiger partial charge in [0, 0.05) is 24.0 Å². The Hall–Kier alpha value is -0.940. The molecule has 0 radical (unpaired) electrons. The lowest BCUT2D eigenvalue weighted by Gasteiger charge is -2.14. The topological polar surface area (TPSA) is 68.0 Å². The van der Waals surface area contributed by atoms with Crippen LogP contribution in [0.3, 0.4) is 0 Å². The van der Waals surface area contributed by atoms with E-state index in [2.05, 4.69) is 31.1 Å². The van der Waals surface area contributed by atoms with E-state index >= 15 is 0 Å². The molecular formula is C10H17N3OS. The zero-order chi connectivity index (χ0) is 11.5. The van der Waals surface area contributed by atoms with Crippen molar-refractivity contribution in [3.8, 4) is 0 Å². The summed E-state index contributed by atoms with van der Waals surface area (Å²) in [4.78, 5) is 16.6. The number of amides is 1.